The first kappa shape index (κ1) is 11.6. The Kier molecular flexibility index (Phi) is 4.37. The summed E-state index contributed by atoms with van der Waals surface area (Å²) in [5.41, 5.74) is 1.46. The highest BCUT2D eigenvalue weighted by Crippen LogP contribution is 2.04. The third-order valence-corrected chi connectivity index (χ3v) is 3.47. The van der Waals surface area contributed by atoms with Gasteiger partial charge in [-0.1, -0.05) is 37.3 Å². The maximum absolute atomic E-state index is 2.58. The number of hydrogen-bond acceptors (Lipinski definition) is 2. The lowest BCUT2D eigenvalue weighted by Crippen LogP contribution is -2.46. The van der Waals surface area contributed by atoms with E-state index in [9.17, 15) is 0 Å². The van der Waals surface area contributed by atoms with E-state index in [0.29, 0.717) is 0 Å². The molecule has 0 bridgehead atoms. The Bertz CT molecular complexity index is 289. The Balaban J connectivity index is 1.72. The highest BCUT2D eigenvalue weighted by atomic mass is 15.3. The number of nitrogens with zero attached hydrogens (tertiary/aromatic N) is 2. The molecule has 0 atom stereocenters. The largest absolute Gasteiger partial charge is 0.301 e. The van der Waals surface area contributed by atoms with Crippen LogP contribution in [0.1, 0.15) is 12.5 Å². The summed E-state index contributed by atoms with van der Waals surface area (Å²) in [5, 5.41) is 0. The summed E-state index contributed by atoms with van der Waals surface area (Å²) in [5.74, 6) is 0. The van der Waals surface area contributed by atoms with Gasteiger partial charge in [0.25, 0.3) is 0 Å². The van der Waals surface area contributed by atoms with Crippen molar-refractivity contribution in [2.24, 2.45) is 0 Å². The minimum Gasteiger partial charge on any atom is -0.301 e. The monoisotopic (exact) mass is 218 g/mol. The molecule has 0 aliphatic carbocycles. The molecule has 0 N–H and O–H groups in total. The molecule has 0 saturated carbocycles. The molecule has 0 radical (unpaired) electrons. The van der Waals surface area contributed by atoms with E-state index in [1.165, 1.54) is 51.3 Å². The van der Waals surface area contributed by atoms with Crippen molar-refractivity contribution in [2.75, 3.05) is 39.3 Å². The van der Waals surface area contributed by atoms with Crippen LogP contribution < -0.4 is 0 Å². The lowest BCUT2D eigenvalue weighted by molar-refractivity contribution is 0.138. The van der Waals surface area contributed by atoms with Crippen LogP contribution in [0.25, 0.3) is 0 Å². The molecule has 1 aliphatic heterocycles. The predicted molar refractivity (Wildman–Crippen MR) is 68.7 cm³/mol. The second kappa shape index (κ2) is 6.02. The van der Waals surface area contributed by atoms with Gasteiger partial charge in [0.1, 0.15) is 0 Å². The van der Waals surface area contributed by atoms with Gasteiger partial charge in [0.05, 0.1) is 0 Å². The first-order valence-electron chi connectivity index (χ1n) is 6.37. The van der Waals surface area contributed by atoms with Gasteiger partial charge in [0.2, 0.25) is 0 Å². The summed E-state index contributed by atoms with van der Waals surface area (Å²) in [4.78, 5) is 5.11. The van der Waals surface area contributed by atoms with Crippen molar-refractivity contribution >= 4 is 0 Å². The Morgan fingerprint density at radius 1 is 0.938 bits per heavy atom. The Hall–Kier alpha value is -0.860. The molecular weight excluding hydrogens is 196 g/mol. The van der Waals surface area contributed by atoms with E-state index < -0.39 is 0 Å². The maximum Gasteiger partial charge on any atom is 0.0110 e. The molecular formula is C14H22N2. The first-order chi connectivity index (χ1) is 7.88. The van der Waals surface area contributed by atoms with Crippen LogP contribution in [0, 0.1) is 0 Å². The molecule has 0 unspecified atom stereocenters. The van der Waals surface area contributed by atoms with Crippen LogP contribution in [0.4, 0.5) is 0 Å². The van der Waals surface area contributed by atoms with E-state index in [4.69, 9.17) is 0 Å². The first-order valence-corrected chi connectivity index (χ1v) is 6.37. The molecule has 1 aromatic carbocycles. The van der Waals surface area contributed by atoms with Crippen molar-refractivity contribution in [1.82, 2.24) is 9.80 Å². The fraction of sp³-hybridized carbons (Fsp3) is 0.571. The minimum atomic E-state index is 1.19. The molecule has 1 fully saturated rings. The van der Waals surface area contributed by atoms with Crippen LogP contribution in [0.15, 0.2) is 30.3 Å². The fourth-order valence-electron chi connectivity index (χ4n) is 2.26. The van der Waals surface area contributed by atoms with Gasteiger partial charge >= 0.3 is 0 Å². The fourth-order valence-corrected chi connectivity index (χ4v) is 2.26. The SMILES string of the molecule is CCN1CCN(CCc2ccccc2)CC1. The molecule has 2 nitrogen and oxygen atoms in total. The van der Waals surface area contributed by atoms with Crippen LogP contribution in [-0.4, -0.2) is 49.1 Å². The van der Waals surface area contributed by atoms with E-state index >= 15 is 0 Å². The highest BCUT2D eigenvalue weighted by molar-refractivity contribution is 5.14. The van der Waals surface area contributed by atoms with Gasteiger partial charge in [-0.3, -0.25) is 0 Å². The lowest BCUT2D eigenvalue weighted by Gasteiger charge is -2.33. The average molecular weight is 218 g/mol. The van der Waals surface area contributed by atoms with Crippen molar-refractivity contribution in [3.63, 3.8) is 0 Å². The van der Waals surface area contributed by atoms with E-state index in [-0.39, 0.29) is 0 Å². The van der Waals surface area contributed by atoms with Crippen molar-refractivity contribution < 1.29 is 0 Å². The Labute approximate surface area is 98.9 Å². The summed E-state index contributed by atoms with van der Waals surface area (Å²) in [6, 6.07) is 10.8. The van der Waals surface area contributed by atoms with Gasteiger partial charge in [-0.05, 0) is 18.5 Å². The predicted octanol–water partition coefficient (Wildman–Crippen LogP) is 1.87. The van der Waals surface area contributed by atoms with Crippen molar-refractivity contribution in [2.45, 2.75) is 13.3 Å². The smallest absolute Gasteiger partial charge is 0.0110 e. The molecule has 0 amide bonds. The van der Waals surface area contributed by atoms with Gasteiger partial charge in [-0.15, -0.1) is 0 Å². The topological polar surface area (TPSA) is 6.48 Å². The van der Waals surface area contributed by atoms with Crippen molar-refractivity contribution in [3.8, 4) is 0 Å². The molecule has 88 valence electrons. The third-order valence-electron chi connectivity index (χ3n) is 3.47. The highest BCUT2D eigenvalue weighted by Gasteiger charge is 2.14. The van der Waals surface area contributed by atoms with Crippen LogP contribution in [0.5, 0.6) is 0 Å². The number of rotatable bonds is 4. The number of hydrogen-bond donors (Lipinski definition) is 0. The molecule has 0 spiro atoms. The second-order valence-corrected chi connectivity index (χ2v) is 4.51. The minimum absolute atomic E-state index is 1.19. The van der Waals surface area contributed by atoms with Crippen LogP contribution in [-0.2, 0) is 6.42 Å². The quantitative estimate of drug-likeness (QED) is 0.761. The molecule has 0 aromatic heterocycles. The zero-order valence-corrected chi connectivity index (χ0v) is 10.2. The number of likely N-dealkylation sites (N-methyl/N-ethyl adjacent to an activating group) is 1. The molecule has 1 aromatic rings. The molecule has 2 rings (SSSR count). The van der Waals surface area contributed by atoms with Crippen molar-refractivity contribution in [3.05, 3.63) is 35.9 Å². The van der Waals surface area contributed by atoms with Crippen LogP contribution in [0.2, 0.25) is 0 Å². The zero-order valence-electron chi connectivity index (χ0n) is 10.2. The van der Waals surface area contributed by atoms with Gasteiger partial charge in [0, 0.05) is 32.7 Å². The maximum atomic E-state index is 2.58. The van der Waals surface area contributed by atoms with Crippen LogP contribution >= 0.6 is 0 Å². The molecule has 1 aliphatic rings. The Morgan fingerprint density at radius 3 is 2.19 bits per heavy atom. The lowest BCUT2D eigenvalue weighted by atomic mass is 10.1. The van der Waals surface area contributed by atoms with Gasteiger partial charge in [-0.2, -0.15) is 0 Å². The second-order valence-electron chi connectivity index (χ2n) is 4.51. The van der Waals surface area contributed by atoms with Gasteiger partial charge in [0.15, 0.2) is 0 Å². The zero-order chi connectivity index (χ0) is 11.2. The van der Waals surface area contributed by atoms with Gasteiger partial charge < -0.3 is 9.80 Å². The van der Waals surface area contributed by atoms with Crippen LogP contribution in [0.3, 0.4) is 0 Å². The molecule has 16 heavy (non-hydrogen) atoms. The number of piperazine rings is 1. The van der Waals surface area contributed by atoms with E-state index in [2.05, 4.69) is 47.1 Å². The normalized spacial score (nSPS) is 18.8. The molecule has 1 heterocycles. The molecule has 1 saturated heterocycles. The van der Waals surface area contributed by atoms with Gasteiger partial charge in [-0.25, -0.2) is 0 Å². The van der Waals surface area contributed by atoms with E-state index in [0.717, 1.165) is 0 Å². The average Bonchev–Trinajstić information content (AvgIpc) is 2.38. The summed E-state index contributed by atoms with van der Waals surface area (Å²) < 4.78 is 0. The summed E-state index contributed by atoms with van der Waals surface area (Å²) in [7, 11) is 0. The van der Waals surface area contributed by atoms with E-state index in [1.54, 1.807) is 0 Å². The summed E-state index contributed by atoms with van der Waals surface area (Å²) >= 11 is 0. The Morgan fingerprint density at radius 2 is 1.56 bits per heavy atom. The van der Waals surface area contributed by atoms with Crippen molar-refractivity contribution in [1.29, 1.82) is 0 Å². The standard InChI is InChI=1S/C14H22N2/c1-2-15-10-12-16(13-11-15)9-8-14-6-4-3-5-7-14/h3-7H,2,8-13H2,1H3. The molecule has 2 heteroatoms. The third kappa shape index (κ3) is 3.32. The van der Waals surface area contributed by atoms with E-state index in [1.807, 2.05) is 0 Å². The summed E-state index contributed by atoms with van der Waals surface area (Å²) in [6.45, 7) is 9.62. The number of benzene rings is 1. The summed E-state index contributed by atoms with van der Waals surface area (Å²) in [6.07, 6.45) is 1.19.